The van der Waals surface area contributed by atoms with Crippen molar-refractivity contribution in [1.29, 1.82) is 0 Å². The van der Waals surface area contributed by atoms with Crippen LogP contribution >= 0.6 is 0 Å². The monoisotopic (exact) mass is 331 g/mol. The molecule has 0 saturated carbocycles. The molecule has 7 nitrogen and oxygen atoms in total. The zero-order chi connectivity index (χ0) is 17.2. The molecule has 0 atom stereocenters. The lowest BCUT2D eigenvalue weighted by Gasteiger charge is -2.13. The van der Waals surface area contributed by atoms with Crippen molar-refractivity contribution in [3.63, 3.8) is 0 Å². The quantitative estimate of drug-likeness (QED) is 0.441. The van der Waals surface area contributed by atoms with Gasteiger partial charge in [0.1, 0.15) is 0 Å². The van der Waals surface area contributed by atoms with Gasteiger partial charge in [-0.15, -0.1) is 0 Å². The lowest BCUT2D eigenvalue weighted by molar-refractivity contribution is 0.355. The van der Waals surface area contributed by atoms with Gasteiger partial charge in [0.25, 0.3) is 0 Å². The van der Waals surface area contributed by atoms with Gasteiger partial charge in [0.05, 0.1) is 14.2 Å². The van der Waals surface area contributed by atoms with Gasteiger partial charge in [0.15, 0.2) is 17.5 Å². The molecule has 0 unspecified atom stereocenters. The molecule has 24 heavy (non-hydrogen) atoms. The summed E-state index contributed by atoms with van der Waals surface area (Å²) in [5, 5.41) is 10.7. The van der Waals surface area contributed by atoms with Crippen LogP contribution in [0.3, 0.4) is 0 Å². The third-order valence-corrected chi connectivity index (χ3v) is 3.36. The second-order valence-electron chi connectivity index (χ2n) is 5.08. The molecule has 0 amide bonds. The number of nitrogens with zero attached hydrogens (tertiary/aromatic N) is 3. The first-order valence-corrected chi connectivity index (χ1v) is 8.01. The van der Waals surface area contributed by atoms with Crippen molar-refractivity contribution in [2.24, 2.45) is 4.99 Å². The van der Waals surface area contributed by atoms with E-state index in [1.54, 1.807) is 20.4 Å². The Balaban J connectivity index is 1.95. The second-order valence-corrected chi connectivity index (χ2v) is 5.08. The van der Waals surface area contributed by atoms with E-state index in [0.29, 0.717) is 18.0 Å². The molecule has 2 rings (SSSR count). The van der Waals surface area contributed by atoms with E-state index < -0.39 is 0 Å². The highest BCUT2D eigenvalue weighted by Crippen LogP contribution is 2.29. The van der Waals surface area contributed by atoms with Crippen molar-refractivity contribution < 1.29 is 9.47 Å². The average molecular weight is 331 g/mol. The number of rotatable bonds is 8. The second kappa shape index (κ2) is 9.44. The molecule has 0 aliphatic rings. The Morgan fingerprint density at radius 2 is 2.08 bits per heavy atom. The van der Waals surface area contributed by atoms with Gasteiger partial charge in [-0.2, -0.15) is 5.10 Å². The van der Waals surface area contributed by atoms with E-state index in [9.17, 15) is 0 Å². The molecule has 0 aliphatic carbocycles. The molecule has 7 heteroatoms. The molecule has 0 saturated heterocycles. The zero-order valence-electron chi connectivity index (χ0n) is 14.5. The van der Waals surface area contributed by atoms with Gasteiger partial charge >= 0.3 is 0 Å². The predicted molar refractivity (Wildman–Crippen MR) is 96.0 cm³/mol. The van der Waals surface area contributed by atoms with Crippen molar-refractivity contribution in [3.8, 4) is 11.5 Å². The lowest BCUT2D eigenvalue weighted by atomic mass is 10.3. The maximum absolute atomic E-state index is 5.32. The standard InChI is InChI=1S/C17H25N5O2/c1-4-18-17(19-9-5-11-22-12-6-10-20-22)21-14-7-8-15(23-2)16(13-14)24-3/h6-8,10,12-13H,4-5,9,11H2,1-3H3,(H2,18,19,21). The SMILES string of the molecule is CCNC(=NCCCn1cccn1)Nc1ccc(OC)c(OC)c1. The number of aryl methyl sites for hydroxylation is 1. The summed E-state index contributed by atoms with van der Waals surface area (Å²) in [5.74, 6) is 2.12. The zero-order valence-corrected chi connectivity index (χ0v) is 14.5. The normalized spacial score (nSPS) is 11.2. The fourth-order valence-electron chi connectivity index (χ4n) is 2.21. The highest BCUT2D eigenvalue weighted by Gasteiger charge is 2.06. The molecule has 0 radical (unpaired) electrons. The number of ether oxygens (including phenoxy) is 2. The van der Waals surface area contributed by atoms with Crippen molar-refractivity contribution in [2.75, 3.05) is 32.6 Å². The highest BCUT2D eigenvalue weighted by molar-refractivity contribution is 5.93. The molecule has 1 heterocycles. The van der Waals surface area contributed by atoms with Crippen molar-refractivity contribution in [2.45, 2.75) is 19.9 Å². The van der Waals surface area contributed by atoms with Crippen LogP contribution in [-0.4, -0.2) is 43.0 Å². The summed E-state index contributed by atoms with van der Waals surface area (Å²) in [4.78, 5) is 4.59. The van der Waals surface area contributed by atoms with Crippen LogP contribution in [0.5, 0.6) is 11.5 Å². The number of hydrogen-bond acceptors (Lipinski definition) is 4. The first-order chi connectivity index (χ1) is 11.8. The number of benzene rings is 1. The highest BCUT2D eigenvalue weighted by atomic mass is 16.5. The molecular formula is C17H25N5O2. The van der Waals surface area contributed by atoms with Crippen LogP contribution in [0.4, 0.5) is 5.69 Å². The van der Waals surface area contributed by atoms with Crippen LogP contribution < -0.4 is 20.1 Å². The summed E-state index contributed by atoms with van der Waals surface area (Å²) < 4.78 is 12.5. The Hall–Kier alpha value is -2.70. The summed E-state index contributed by atoms with van der Waals surface area (Å²) in [5.41, 5.74) is 0.888. The maximum atomic E-state index is 5.32. The van der Waals surface area contributed by atoms with Crippen LogP contribution in [-0.2, 0) is 6.54 Å². The minimum absolute atomic E-state index is 0.678. The van der Waals surface area contributed by atoms with Gasteiger partial charge in [0.2, 0.25) is 0 Å². The fourth-order valence-corrected chi connectivity index (χ4v) is 2.21. The minimum Gasteiger partial charge on any atom is -0.493 e. The predicted octanol–water partition coefficient (Wildman–Crippen LogP) is 2.37. The number of aromatic nitrogens is 2. The van der Waals surface area contributed by atoms with Gasteiger partial charge in [-0.05, 0) is 31.5 Å². The average Bonchev–Trinajstić information content (AvgIpc) is 3.12. The van der Waals surface area contributed by atoms with E-state index in [4.69, 9.17) is 9.47 Å². The fraction of sp³-hybridized carbons (Fsp3) is 0.412. The van der Waals surface area contributed by atoms with Crippen LogP contribution in [0, 0.1) is 0 Å². The third kappa shape index (κ3) is 5.19. The van der Waals surface area contributed by atoms with E-state index in [1.807, 2.05) is 42.1 Å². The summed E-state index contributed by atoms with van der Waals surface area (Å²) in [6, 6.07) is 7.60. The number of hydrogen-bond donors (Lipinski definition) is 2. The Bertz CT molecular complexity index is 640. The molecule has 0 spiro atoms. The smallest absolute Gasteiger partial charge is 0.195 e. The van der Waals surface area contributed by atoms with E-state index in [2.05, 4.69) is 20.7 Å². The molecule has 0 fully saturated rings. The van der Waals surface area contributed by atoms with E-state index in [1.165, 1.54) is 0 Å². The number of nitrogens with one attached hydrogen (secondary N) is 2. The molecule has 2 aromatic rings. The molecule has 2 N–H and O–H groups in total. The van der Waals surface area contributed by atoms with E-state index in [0.717, 1.165) is 31.2 Å². The molecule has 0 aliphatic heterocycles. The number of guanidine groups is 1. The van der Waals surface area contributed by atoms with Crippen molar-refractivity contribution in [1.82, 2.24) is 15.1 Å². The molecule has 1 aromatic carbocycles. The van der Waals surface area contributed by atoms with Crippen LogP contribution in [0.15, 0.2) is 41.7 Å². The topological polar surface area (TPSA) is 72.7 Å². The summed E-state index contributed by atoms with van der Waals surface area (Å²) >= 11 is 0. The summed E-state index contributed by atoms with van der Waals surface area (Å²) in [6.45, 7) is 4.39. The van der Waals surface area contributed by atoms with Crippen LogP contribution in [0.1, 0.15) is 13.3 Å². The Morgan fingerprint density at radius 3 is 2.75 bits per heavy atom. The van der Waals surface area contributed by atoms with E-state index >= 15 is 0 Å². The Kier molecular flexibility index (Phi) is 6.94. The van der Waals surface area contributed by atoms with Gasteiger partial charge in [-0.3, -0.25) is 9.67 Å². The minimum atomic E-state index is 0.678. The van der Waals surface area contributed by atoms with Crippen molar-refractivity contribution in [3.05, 3.63) is 36.7 Å². The first kappa shape index (κ1) is 17.7. The Labute approximate surface area is 142 Å². The lowest BCUT2D eigenvalue weighted by Crippen LogP contribution is -2.30. The van der Waals surface area contributed by atoms with Gasteiger partial charge in [0, 0.05) is 43.8 Å². The van der Waals surface area contributed by atoms with Crippen LogP contribution in [0.25, 0.3) is 0 Å². The van der Waals surface area contributed by atoms with Gasteiger partial charge in [-0.1, -0.05) is 0 Å². The van der Waals surface area contributed by atoms with Gasteiger partial charge < -0.3 is 20.1 Å². The number of aliphatic imine (C=N–C) groups is 1. The molecular weight excluding hydrogens is 306 g/mol. The summed E-state index contributed by atoms with van der Waals surface area (Å²) in [7, 11) is 3.24. The summed E-state index contributed by atoms with van der Waals surface area (Å²) in [6.07, 6.45) is 4.66. The Morgan fingerprint density at radius 1 is 1.25 bits per heavy atom. The molecule has 0 bridgehead atoms. The first-order valence-electron chi connectivity index (χ1n) is 8.01. The maximum Gasteiger partial charge on any atom is 0.195 e. The number of methoxy groups -OCH3 is 2. The third-order valence-electron chi connectivity index (χ3n) is 3.36. The molecule has 1 aromatic heterocycles. The molecule has 130 valence electrons. The van der Waals surface area contributed by atoms with Crippen molar-refractivity contribution >= 4 is 11.6 Å². The largest absolute Gasteiger partial charge is 0.493 e. The number of anilines is 1. The van der Waals surface area contributed by atoms with E-state index in [-0.39, 0.29) is 0 Å². The van der Waals surface area contributed by atoms with Crippen LogP contribution in [0.2, 0.25) is 0 Å². The van der Waals surface area contributed by atoms with Gasteiger partial charge in [-0.25, -0.2) is 0 Å².